The Morgan fingerprint density at radius 3 is 2.24 bits per heavy atom. The summed E-state index contributed by atoms with van der Waals surface area (Å²) in [5, 5.41) is 56.4. The van der Waals surface area contributed by atoms with E-state index in [0.717, 1.165) is 11.1 Å². The fourth-order valence-electron chi connectivity index (χ4n) is 4.85. The number of hydrogen-bond donors (Lipinski definition) is 5. The number of aliphatic hydroxyl groups excluding tert-OH is 2. The molecule has 1 aliphatic rings. The number of benzene rings is 2. The zero-order valence-electron chi connectivity index (χ0n) is 21.6. The fourth-order valence-corrected chi connectivity index (χ4v) is 5.01. The van der Waals surface area contributed by atoms with Crippen LogP contribution in [0.1, 0.15) is 42.1 Å². The molecule has 1 saturated heterocycles. The van der Waals surface area contributed by atoms with Gasteiger partial charge in [-0.15, -0.1) is 10.2 Å². The first-order valence-corrected chi connectivity index (χ1v) is 13.2. The van der Waals surface area contributed by atoms with Crippen molar-refractivity contribution in [1.82, 2.24) is 39.7 Å². The van der Waals surface area contributed by atoms with Gasteiger partial charge in [-0.2, -0.15) is 14.8 Å². The zero-order chi connectivity index (χ0) is 28.7. The predicted octanol–water partition coefficient (Wildman–Crippen LogP) is 2.13. The molecule has 0 amide bonds. The standard InChI is InChI=1S/C26H26ClN9O5/c1-2-36-33-23(32-34-36)21-19(39)20(40)25(41-21)35-12-29-18-22(30-26(27)31-24(18)35)28-11-17(13-3-7-15(37)8-4-13)14-5-9-16(38)10-6-14/h3-10,12,17,19-21,25,37-40H,2,11H2,1H3,(H,28,30,31). The molecule has 0 radical (unpaired) electrons. The Bertz CT molecular complexity index is 1620. The third-order valence-electron chi connectivity index (χ3n) is 6.98. The van der Waals surface area contributed by atoms with Gasteiger partial charge in [-0.05, 0) is 59.1 Å². The van der Waals surface area contributed by atoms with Crippen LogP contribution in [-0.4, -0.2) is 78.9 Å². The minimum absolute atomic E-state index is 0.0651. The third kappa shape index (κ3) is 5.13. The number of phenols is 2. The Balaban J connectivity index is 1.30. The van der Waals surface area contributed by atoms with E-state index in [9.17, 15) is 20.4 Å². The number of rotatable bonds is 8. The number of anilines is 1. The monoisotopic (exact) mass is 579 g/mol. The molecule has 3 aromatic heterocycles. The number of nitrogens with zero attached hydrogens (tertiary/aromatic N) is 8. The number of hydrogen-bond acceptors (Lipinski definition) is 12. The highest BCUT2D eigenvalue weighted by molar-refractivity contribution is 6.28. The maximum absolute atomic E-state index is 10.9. The van der Waals surface area contributed by atoms with E-state index >= 15 is 0 Å². The lowest BCUT2D eigenvalue weighted by Crippen LogP contribution is -2.29. The van der Waals surface area contributed by atoms with Crippen molar-refractivity contribution in [2.24, 2.45) is 0 Å². The number of fused-ring (bicyclic) bond motifs is 1. The molecule has 1 fully saturated rings. The molecule has 5 aromatic rings. The topological polar surface area (TPSA) is 189 Å². The Hall–Kier alpha value is -4.37. The van der Waals surface area contributed by atoms with Crippen molar-refractivity contribution in [3.63, 3.8) is 0 Å². The molecule has 14 nitrogen and oxygen atoms in total. The number of tetrazole rings is 1. The van der Waals surface area contributed by atoms with Gasteiger partial charge in [0.1, 0.15) is 23.7 Å². The highest BCUT2D eigenvalue weighted by atomic mass is 35.5. The lowest BCUT2D eigenvalue weighted by Gasteiger charge is -2.20. The summed E-state index contributed by atoms with van der Waals surface area (Å²) >= 11 is 6.31. The van der Waals surface area contributed by atoms with Crippen molar-refractivity contribution in [2.45, 2.75) is 43.9 Å². The summed E-state index contributed by atoms with van der Waals surface area (Å²) in [6.07, 6.45) is -3.31. The van der Waals surface area contributed by atoms with E-state index in [1.165, 1.54) is 15.7 Å². The van der Waals surface area contributed by atoms with Gasteiger partial charge in [-0.1, -0.05) is 24.3 Å². The molecule has 4 unspecified atom stereocenters. The smallest absolute Gasteiger partial charge is 0.226 e. The summed E-state index contributed by atoms with van der Waals surface area (Å²) in [6.45, 7) is 2.69. The molecule has 4 atom stereocenters. The van der Waals surface area contributed by atoms with E-state index in [-0.39, 0.29) is 34.2 Å². The molecular weight excluding hydrogens is 554 g/mol. The van der Waals surface area contributed by atoms with E-state index in [2.05, 4.69) is 35.7 Å². The van der Waals surface area contributed by atoms with Gasteiger partial charge in [0, 0.05) is 12.5 Å². The number of aryl methyl sites for hydroxylation is 1. The maximum atomic E-state index is 10.9. The number of imidazole rings is 1. The van der Waals surface area contributed by atoms with Gasteiger partial charge in [-0.25, -0.2) is 4.98 Å². The molecule has 0 saturated carbocycles. The first-order valence-electron chi connectivity index (χ1n) is 12.8. The van der Waals surface area contributed by atoms with Crippen molar-refractivity contribution in [3.05, 3.63) is 77.1 Å². The number of phenolic OH excluding ortho intramolecular Hbond substituents is 2. The number of halogens is 1. The fraction of sp³-hybridized carbons (Fsp3) is 0.308. The summed E-state index contributed by atoms with van der Waals surface area (Å²) in [7, 11) is 0. The van der Waals surface area contributed by atoms with E-state index in [4.69, 9.17) is 16.3 Å². The van der Waals surface area contributed by atoms with E-state index in [1.54, 1.807) is 24.3 Å². The molecule has 41 heavy (non-hydrogen) atoms. The first-order chi connectivity index (χ1) is 19.8. The zero-order valence-corrected chi connectivity index (χ0v) is 22.4. The van der Waals surface area contributed by atoms with Crippen LogP contribution in [-0.2, 0) is 11.3 Å². The molecule has 0 spiro atoms. The van der Waals surface area contributed by atoms with Crippen molar-refractivity contribution in [3.8, 4) is 11.5 Å². The number of nitrogens with one attached hydrogen (secondary N) is 1. The van der Waals surface area contributed by atoms with Crippen molar-refractivity contribution in [2.75, 3.05) is 11.9 Å². The van der Waals surface area contributed by atoms with Crippen LogP contribution >= 0.6 is 11.6 Å². The molecule has 5 N–H and O–H groups in total. The second-order valence-corrected chi connectivity index (χ2v) is 9.88. The Kier molecular flexibility index (Phi) is 7.13. The van der Waals surface area contributed by atoms with Crippen LogP contribution in [0.2, 0.25) is 5.28 Å². The maximum Gasteiger partial charge on any atom is 0.226 e. The molecule has 0 aliphatic carbocycles. The van der Waals surface area contributed by atoms with Gasteiger partial charge < -0.3 is 30.5 Å². The van der Waals surface area contributed by atoms with Crippen molar-refractivity contribution in [1.29, 1.82) is 0 Å². The van der Waals surface area contributed by atoms with Crippen LogP contribution in [0.15, 0.2) is 54.9 Å². The van der Waals surface area contributed by atoms with Crippen molar-refractivity contribution >= 4 is 28.6 Å². The van der Waals surface area contributed by atoms with E-state index in [1.807, 2.05) is 31.2 Å². The van der Waals surface area contributed by atoms with Crippen LogP contribution in [0.3, 0.4) is 0 Å². The second kappa shape index (κ2) is 10.9. The predicted molar refractivity (Wildman–Crippen MR) is 145 cm³/mol. The van der Waals surface area contributed by atoms with E-state index < -0.39 is 24.5 Å². The lowest BCUT2D eigenvalue weighted by molar-refractivity contribution is -0.0384. The van der Waals surface area contributed by atoms with Gasteiger partial charge in [0.15, 0.2) is 29.3 Å². The van der Waals surface area contributed by atoms with Gasteiger partial charge in [0.25, 0.3) is 0 Å². The Morgan fingerprint density at radius 2 is 1.63 bits per heavy atom. The number of aromatic nitrogens is 8. The van der Waals surface area contributed by atoms with Gasteiger partial charge in [-0.3, -0.25) is 4.57 Å². The largest absolute Gasteiger partial charge is 0.508 e. The Morgan fingerprint density at radius 1 is 0.976 bits per heavy atom. The first kappa shape index (κ1) is 26.8. The normalized spacial score (nSPS) is 20.7. The molecule has 0 bridgehead atoms. The highest BCUT2D eigenvalue weighted by Gasteiger charge is 2.47. The average molecular weight is 580 g/mol. The lowest BCUT2D eigenvalue weighted by atomic mass is 9.91. The van der Waals surface area contributed by atoms with Crippen molar-refractivity contribution < 1.29 is 25.2 Å². The van der Waals surface area contributed by atoms with Crippen LogP contribution in [0.5, 0.6) is 11.5 Å². The molecule has 2 aromatic carbocycles. The highest BCUT2D eigenvalue weighted by Crippen LogP contribution is 2.39. The second-order valence-electron chi connectivity index (χ2n) is 9.55. The number of ether oxygens (including phenoxy) is 1. The summed E-state index contributed by atoms with van der Waals surface area (Å²) in [5.41, 5.74) is 2.48. The molecular formula is C26H26ClN9O5. The van der Waals surface area contributed by atoms with Gasteiger partial charge >= 0.3 is 0 Å². The summed E-state index contributed by atoms with van der Waals surface area (Å²) < 4.78 is 7.45. The average Bonchev–Trinajstić information content (AvgIpc) is 3.68. The van der Waals surface area contributed by atoms with Crippen LogP contribution in [0.4, 0.5) is 5.82 Å². The molecule has 15 heteroatoms. The van der Waals surface area contributed by atoms with Crippen LogP contribution in [0, 0.1) is 0 Å². The Labute approximate surface area is 237 Å². The van der Waals surface area contributed by atoms with Gasteiger partial charge in [0.05, 0.1) is 12.9 Å². The minimum Gasteiger partial charge on any atom is -0.508 e. The SMILES string of the molecule is CCn1nnc(C2OC(n3cnc4c(NCC(c5ccc(O)cc5)c5ccc(O)cc5)nc(Cl)nc43)C(O)C2O)n1. The van der Waals surface area contributed by atoms with E-state index in [0.29, 0.717) is 24.4 Å². The van der Waals surface area contributed by atoms with Gasteiger partial charge in [0.2, 0.25) is 11.1 Å². The molecule has 1 aliphatic heterocycles. The minimum atomic E-state index is -1.34. The number of aliphatic hydroxyl groups is 2. The summed E-state index contributed by atoms with van der Waals surface area (Å²) in [5.74, 6) is 0.598. The molecule has 212 valence electrons. The third-order valence-corrected chi connectivity index (χ3v) is 7.15. The number of aromatic hydroxyl groups is 2. The summed E-state index contributed by atoms with van der Waals surface area (Å²) in [6, 6.07) is 13.7. The van der Waals surface area contributed by atoms with Crippen LogP contribution < -0.4 is 5.32 Å². The molecule has 4 heterocycles. The summed E-state index contributed by atoms with van der Waals surface area (Å²) in [4.78, 5) is 14.5. The quantitative estimate of drug-likeness (QED) is 0.169. The molecule has 6 rings (SSSR count). The van der Waals surface area contributed by atoms with Crippen LogP contribution in [0.25, 0.3) is 11.2 Å².